The number of aliphatic hydroxyl groups is 3. The van der Waals surface area contributed by atoms with Crippen LogP contribution in [-0.4, -0.2) is 52.1 Å². The lowest BCUT2D eigenvalue weighted by atomic mass is 9.92. The minimum Gasteiger partial charge on any atom is -0.388 e. The van der Waals surface area contributed by atoms with Gasteiger partial charge in [-0.25, -0.2) is 0 Å². The molecule has 1 heterocycles. The third kappa shape index (κ3) is 2.93. The molecule has 5 nitrogen and oxygen atoms in total. The molecule has 0 amide bonds. The third-order valence-electron chi connectivity index (χ3n) is 2.67. The number of hydrogen-bond donors (Lipinski definition) is 3. The summed E-state index contributed by atoms with van der Waals surface area (Å²) in [5, 5.41) is 29.1. The first-order valence-corrected chi connectivity index (χ1v) is 5.69. The normalized spacial score (nSPS) is 40.7. The minimum absolute atomic E-state index is 0.0374. The highest BCUT2D eigenvalue weighted by Crippen LogP contribution is 2.26. The van der Waals surface area contributed by atoms with Crippen LogP contribution in [0.2, 0.25) is 0 Å². The zero-order valence-corrected chi connectivity index (χ0v) is 10.2. The smallest absolute Gasteiger partial charge is 0.186 e. The number of rotatable bonds is 3. The predicted molar refractivity (Wildman–Crippen MR) is 57.7 cm³/mol. The van der Waals surface area contributed by atoms with Crippen molar-refractivity contribution in [3.05, 3.63) is 0 Å². The highest BCUT2D eigenvalue weighted by Gasteiger charge is 2.45. The Morgan fingerprint density at radius 3 is 1.94 bits per heavy atom. The fraction of sp³-hybridized carbons (Fsp3) is 1.00. The summed E-state index contributed by atoms with van der Waals surface area (Å²) >= 11 is 0. The van der Waals surface area contributed by atoms with Crippen molar-refractivity contribution in [3.63, 3.8) is 0 Å². The quantitative estimate of drug-likeness (QED) is 0.634. The van der Waals surface area contributed by atoms with Gasteiger partial charge in [0, 0.05) is 0 Å². The Morgan fingerprint density at radius 2 is 1.50 bits per heavy atom. The lowest BCUT2D eigenvalue weighted by Crippen LogP contribution is -2.59. The molecule has 1 aliphatic rings. The minimum atomic E-state index is -1.23. The van der Waals surface area contributed by atoms with Crippen molar-refractivity contribution in [1.29, 1.82) is 0 Å². The van der Waals surface area contributed by atoms with Gasteiger partial charge in [-0.1, -0.05) is 13.8 Å². The van der Waals surface area contributed by atoms with Crippen LogP contribution in [0.5, 0.6) is 0 Å². The number of ether oxygens (including phenoxy) is 2. The summed E-state index contributed by atoms with van der Waals surface area (Å²) < 4.78 is 10.8. The number of aliphatic hydroxyl groups excluding tert-OH is 3. The maximum atomic E-state index is 9.74. The highest BCUT2D eigenvalue weighted by atomic mass is 16.7. The van der Waals surface area contributed by atoms with E-state index in [2.05, 4.69) is 0 Å². The van der Waals surface area contributed by atoms with Gasteiger partial charge < -0.3 is 24.8 Å². The standard InChI is InChI=1S/C11H22O5/c1-5(2)10-8(13)7(12)9(14)11(16-10)15-6(3)4/h5-14H,1-4H3/t7?,8-,9?,10?,11-/m0/s1. The van der Waals surface area contributed by atoms with Crippen molar-refractivity contribution in [2.45, 2.75) is 64.5 Å². The van der Waals surface area contributed by atoms with E-state index in [0.29, 0.717) is 0 Å². The first-order chi connectivity index (χ1) is 7.34. The molecule has 16 heavy (non-hydrogen) atoms. The van der Waals surface area contributed by atoms with Crippen LogP contribution in [0.25, 0.3) is 0 Å². The van der Waals surface area contributed by atoms with Crippen molar-refractivity contribution >= 4 is 0 Å². The van der Waals surface area contributed by atoms with E-state index in [1.165, 1.54) is 0 Å². The molecule has 0 aliphatic carbocycles. The lowest BCUT2D eigenvalue weighted by Gasteiger charge is -2.42. The van der Waals surface area contributed by atoms with Crippen LogP contribution in [-0.2, 0) is 9.47 Å². The molecule has 0 aromatic carbocycles. The van der Waals surface area contributed by atoms with E-state index >= 15 is 0 Å². The fourth-order valence-electron chi connectivity index (χ4n) is 1.81. The SMILES string of the molecule is CC(C)O[C@H]1OC(C(C)C)[C@@H](O)C(O)C1O. The van der Waals surface area contributed by atoms with E-state index in [1.54, 1.807) is 0 Å². The molecule has 5 atom stereocenters. The molecule has 0 aromatic rings. The molecular formula is C11H22O5. The second kappa shape index (κ2) is 5.42. The van der Waals surface area contributed by atoms with Gasteiger partial charge in [-0.15, -0.1) is 0 Å². The molecule has 0 bridgehead atoms. The maximum absolute atomic E-state index is 9.74. The van der Waals surface area contributed by atoms with Crippen LogP contribution >= 0.6 is 0 Å². The second-order valence-corrected chi connectivity index (χ2v) is 4.87. The van der Waals surface area contributed by atoms with Gasteiger partial charge >= 0.3 is 0 Å². The van der Waals surface area contributed by atoms with E-state index in [-0.39, 0.29) is 12.0 Å². The molecule has 0 radical (unpaired) electrons. The molecule has 3 N–H and O–H groups in total. The van der Waals surface area contributed by atoms with E-state index < -0.39 is 30.7 Å². The molecule has 1 aliphatic heterocycles. The molecule has 0 spiro atoms. The molecule has 0 aromatic heterocycles. The van der Waals surface area contributed by atoms with Crippen LogP contribution in [0.1, 0.15) is 27.7 Å². The fourth-order valence-corrected chi connectivity index (χ4v) is 1.81. The third-order valence-corrected chi connectivity index (χ3v) is 2.67. The van der Waals surface area contributed by atoms with Gasteiger partial charge in [0.15, 0.2) is 6.29 Å². The van der Waals surface area contributed by atoms with Crippen LogP contribution in [0.4, 0.5) is 0 Å². The van der Waals surface area contributed by atoms with Gasteiger partial charge in [0.05, 0.1) is 12.2 Å². The van der Waals surface area contributed by atoms with E-state index in [1.807, 2.05) is 27.7 Å². The first kappa shape index (κ1) is 13.9. The van der Waals surface area contributed by atoms with E-state index in [4.69, 9.17) is 9.47 Å². The first-order valence-electron chi connectivity index (χ1n) is 5.69. The summed E-state index contributed by atoms with van der Waals surface area (Å²) in [7, 11) is 0. The van der Waals surface area contributed by atoms with Gasteiger partial charge in [0.25, 0.3) is 0 Å². The number of hydrogen-bond acceptors (Lipinski definition) is 5. The zero-order valence-electron chi connectivity index (χ0n) is 10.2. The van der Waals surface area contributed by atoms with Crippen molar-refractivity contribution in [1.82, 2.24) is 0 Å². The topological polar surface area (TPSA) is 79.2 Å². The largest absolute Gasteiger partial charge is 0.388 e. The summed E-state index contributed by atoms with van der Waals surface area (Å²) in [6.07, 6.45) is -5.05. The summed E-state index contributed by atoms with van der Waals surface area (Å²) in [6, 6.07) is 0. The zero-order chi connectivity index (χ0) is 12.5. The Kier molecular flexibility index (Phi) is 4.70. The van der Waals surface area contributed by atoms with E-state index in [9.17, 15) is 15.3 Å². The molecule has 5 heteroatoms. The monoisotopic (exact) mass is 234 g/mol. The molecule has 0 saturated carbocycles. The van der Waals surface area contributed by atoms with Gasteiger partial charge in [0.2, 0.25) is 0 Å². The summed E-state index contributed by atoms with van der Waals surface area (Å²) in [4.78, 5) is 0. The van der Waals surface area contributed by atoms with Gasteiger partial charge in [-0.3, -0.25) is 0 Å². The Hall–Kier alpha value is -0.200. The Labute approximate surface area is 96.0 Å². The lowest BCUT2D eigenvalue weighted by molar-refractivity contribution is -0.311. The molecule has 1 fully saturated rings. The van der Waals surface area contributed by atoms with Crippen LogP contribution < -0.4 is 0 Å². The van der Waals surface area contributed by atoms with Crippen molar-refractivity contribution in [3.8, 4) is 0 Å². The summed E-state index contributed by atoms with van der Waals surface area (Å²) in [5.74, 6) is 0.0374. The van der Waals surface area contributed by atoms with E-state index in [0.717, 1.165) is 0 Å². The van der Waals surface area contributed by atoms with Crippen molar-refractivity contribution < 1.29 is 24.8 Å². The summed E-state index contributed by atoms with van der Waals surface area (Å²) in [6.45, 7) is 7.39. The Bertz CT molecular complexity index is 216. The average Bonchev–Trinajstić information content (AvgIpc) is 2.18. The molecule has 1 saturated heterocycles. The van der Waals surface area contributed by atoms with Gasteiger partial charge in [-0.2, -0.15) is 0 Å². The van der Waals surface area contributed by atoms with Crippen LogP contribution in [0.3, 0.4) is 0 Å². The average molecular weight is 234 g/mol. The van der Waals surface area contributed by atoms with Gasteiger partial charge in [-0.05, 0) is 19.8 Å². The Balaban J connectivity index is 2.73. The molecule has 96 valence electrons. The second-order valence-electron chi connectivity index (χ2n) is 4.87. The molecular weight excluding hydrogens is 212 g/mol. The van der Waals surface area contributed by atoms with Gasteiger partial charge in [0.1, 0.15) is 18.3 Å². The molecule has 3 unspecified atom stereocenters. The van der Waals surface area contributed by atoms with Crippen LogP contribution in [0, 0.1) is 5.92 Å². The Morgan fingerprint density at radius 1 is 0.938 bits per heavy atom. The van der Waals surface area contributed by atoms with Crippen molar-refractivity contribution in [2.24, 2.45) is 5.92 Å². The van der Waals surface area contributed by atoms with Crippen LogP contribution in [0.15, 0.2) is 0 Å². The highest BCUT2D eigenvalue weighted by molar-refractivity contribution is 4.90. The maximum Gasteiger partial charge on any atom is 0.186 e. The molecule has 1 rings (SSSR count). The summed E-state index contributed by atoms with van der Waals surface area (Å²) in [5.41, 5.74) is 0. The predicted octanol–water partition coefficient (Wildman–Crippen LogP) is -0.125. The van der Waals surface area contributed by atoms with Crippen molar-refractivity contribution in [2.75, 3.05) is 0 Å².